The van der Waals surface area contributed by atoms with Gasteiger partial charge in [-0.15, -0.1) is 0 Å². The number of rotatable bonds is 10. The summed E-state index contributed by atoms with van der Waals surface area (Å²) in [6.07, 6.45) is 4.72. The number of ketones is 1. The Kier molecular flexibility index (Phi) is 7.91. The SMILES string of the molecule is COc1ccc(CCOCCCCCC(C)=O)cc1. The Labute approximate surface area is 115 Å². The Morgan fingerprint density at radius 2 is 1.79 bits per heavy atom. The van der Waals surface area contributed by atoms with E-state index >= 15 is 0 Å². The first-order valence-electron chi connectivity index (χ1n) is 6.92. The number of ether oxygens (including phenoxy) is 2. The predicted molar refractivity (Wildman–Crippen MR) is 76.7 cm³/mol. The van der Waals surface area contributed by atoms with Gasteiger partial charge >= 0.3 is 0 Å². The lowest BCUT2D eigenvalue weighted by Gasteiger charge is -2.05. The number of carbonyl (C=O) groups excluding carboxylic acids is 1. The monoisotopic (exact) mass is 264 g/mol. The van der Waals surface area contributed by atoms with Crippen molar-refractivity contribution >= 4 is 5.78 Å². The van der Waals surface area contributed by atoms with Crippen LogP contribution in [0.1, 0.15) is 38.2 Å². The smallest absolute Gasteiger partial charge is 0.129 e. The number of Topliss-reactive ketones (excluding diaryl/α,β-unsaturated/α-hetero) is 1. The minimum absolute atomic E-state index is 0.278. The van der Waals surface area contributed by atoms with Gasteiger partial charge in [0.25, 0.3) is 0 Å². The number of hydrogen-bond donors (Lipinski definition) is 0. The van der Waals surface area contributed by atoms with E-state index in [0.717, 1.165) is 44.6 Å². The van der Waals surface area contributed by atoms with Crippen molar-refractivity contribution in [3.63, 3.8) is 0 Å². The molecule has 0 atom stereocenters. The van der Waals surface area contributed by atoms with Crippen molar-refractivity contribution in [1.82, 2.24) is 0 Å². The van der Waals surface area contributed by atoms with Gasteiger partial charge in [0.1, 0.15) is 11.5 Å². The summed E-state index contributed by atoms with van der Waals surface area (Å²) in [7, 11) is 1.67. The second-order valence-corrected chi connectivity index (χ2v) is 4.72. The fourth-order valence-corrected chi connectivity index (χ4v) is 1.84. The van der Waals surface area contributed by atoms with Crippen LogP contribution in [0.3, 0.4) is 0 Å². The lowest BCUT2D eigenvalue weighted by molar-refractivity contribution is -0.117. The maximum absolute atomic E-state index is 10.7. The molecule has 0 heterocycles. The summed E-state index contributed by atoms with van der Waals surface area (Å²) in [5, 5.41) is 0. The fraction of sp³-hybridized carbons (Fsp3) is 0.562. The molecule has 106 valence electrons. The third-order valence-corrected chi connectivity index (χ3v) is 3.01. The molecule has 19 heavy (non-hydrogen) atoms. The Morgan fingerprint density at radius 1 is 1.05 bits per heavy atom. The van der Waals surface area contributed by atoms with Crippen LogP contribution in [0.2, 0.25) is 0 Å². The van der Waals surface area contributed by atoms with Crippen molar-refractivity contribution < 1.29 is 14.3 Å². The average molecular weight is 264 g/mol. The van der Waals surface area contributed by atoms with E-state index in [9.17, 15) is 4.79 Å². The molecule has 1 rings (SSSR count). The highest BCUT2D eigenvalue weighted by Gasteiger charge is 1.96. The fourth-order valence-electron chi connectivity index (χ4n) is 1.84. The van der Waals surface area contributed by atoms with Crippen LogP contribution in [-0.2, 0) is 16.0 Å². The normalized spacial score (nSPS) is 10.4. The molecular weight excluding hydrogens is 240 g/mol. The third kappa shape index (κ3) is 7.62. The largest absolute Gasteiger partial charge is 0.497 e. The molecule has 0 unspecified atom stereocenters. The second-order valence-electron chi connectivity index (χ2n) is 4.72. The highest BCUT2D eigenvalue weighted by molar-refractivity contribution is 5.75. The summed E-state index contributed by atoms with van der Waals surface area (Å²) in [5.74, 6) is 1.16. The average Bonchev–Trinajstić information content (AvgIpc) is 2.42. The molecule has 0 radical (unpaired) electrons. The molecule has 0 fully saturated rings. The zero-order valence-corrected chi connectivity index (χ0v) is 12.0. The first-order chi connectivity index (χ1) is 9.22. The van der Waals surface area contributed by atoms with Crippen molar-refractivity contribution in [2.45, 2.75) is 39.0 Å². The second kappa shape index (κ2) is 9.56. The number of hydrogen-bond acceptors (Lipinski definition) is 3. The van der Waals surface area contributed by atoms with Crippen LogP contribution >= 0.6 is 0 Å². The van der Waals surface area contributed by atoms with Crippen LogP contribution in [0.4, 0.5) is 0 Å². The Morgan fingerprint density at radius 3 is 2.42 bits per heavy atom. The van der Waals surface area contributed by atoms with E-state index in [4.69, 9.17) is 9.47 Å². The zero-order valence-electron chi connectivity index (χ0n) is 12.0. The number of benzene rings is 1. The molecule has 3 heteroatoms. The van der Waals surface area contributed by atoms with E-state index in [2.05, 4.69) is 12.1 Å². The van der Waals surface area contributed by atoms with Crippen molar-refractivity contribution in [1.29, 1.82) is 0 Å². The first-order valence-corrected chi connectivity index (χ1v) is 6.92. The van der Waals surface area contributed by atoms with E-state index in [-0.39, 0.29) is 5.78 Å². The van der Waals surface area contributed by atoms with Crippen molar-refractivity contribution in [2.75, 3.05) is 20.3 Å². The van der Waals surface area contributed by atoms with Crippen LogP contribution in [0.15, 0.2) is 24.3 Å². The predicted octanol–water partition coefficient (Wildman–Crippen LogP) is 3.40. The molecule has 3 nitrogen and oxygen atoms in total. The molecule has 0 bridgehead atoms. The van der Waals surface area contributed by atoms with Gasteiger partial charge in [0.15, 0.2) is 0 Å². The van der Waals surface area contributed by atoms with Crippen LogP contribution in [0.5, 0.6) is 5.75 Å². The van der Waals surface area contributed by atoms with Gasteiger partial charge in [-0.25, -0.2) is 0 Å². The van der Waals surface area contributed by atoms with Gasteiger partial charge in [-0.2, -0.15) is 0 Å². The Hall–Kier alpha value is -1.35. The van der Waals surface area contributed by atoms with Gasteiger partial charge in [-0.1, -0.05) is 18.6 Å². The van der Waals surface area contributed by atoms with E-state index in [0.29, 0.717) is 6.42 Å². The third-order valence-electron chi connectivity index (χ3n) is 3.01. The molecule has 0 aliphatic rings. The lowest BCUT2D eigenvalue weighted by atomic mass is 10.1. The number of unbranched alkanes of at least 4 members (excludes halogenated alkanes) is 2. The standard InChI is InChI=1S/C16H24O3/c1-14(17)6-4-3-5-12-19-13-11-15-7-9-16(18-2)10-8-15/h7-10H,3-6,11-13H2,1-2H3. The van der Waals surface area contributed by atoms with Gasteiger partial charge in [0, 0.05) is 13.0 Å². The van der Waals surface area contributed by atoms with E-state index in [1.165, 1.54) is 5.56 Å². The van der Waals surface area contributed by atoms with Crippen molar-refractivity contribution in [3.05, 3.63) is 29.8 Å². The summed E-state index contributed by atoms with van der Waals surface area (Å²) < 4.78 is 10.7. The molecule has 0 aliphatic heterocycles. The highest BCUT2D eigenvalue weighted by atomic mass is 16.5. The zero-order chi connectivity index (χ0) is 13.9. The summed E-state index contributed by atoms with van der Waals surface area (Å²) >= 11 is 0. The molecule has 0 aromatic heterocycles. The molecule has 0 aliphatic carbocycles. The quantitative estimate of drug-likeness (QED) is 0.608. The summed E-state index contributed by atoms with van der Waals surface area (Å²) in [5.41, 5.74) is 1.26. The minimum Gasteiger partial charge on any atom is -0.497 e. The molecule has 0 saturated carbocycles. The molecule has 0 spiro atoms. The molecule has 1 aromatic rings. The maximum atomic E-state index is 10.7. The van der Waals surface area contributed by atoms with Crippen LogP contribution < -0.4 is 4.74 Å². The molecular formula is C16H24O3. The maximum Gasteiger partial charge on any atom is 0.129 e. The lowest BCUT2D eigenvalue weighted by Crippen LogP contribution is -2.01. The summed E-state index contributed by atoms with van der Waals surface area (Å²) in [6.45, 7) is 3.18. The van der Waals surface area contributed by atoms with Crippen LogP contribution in [0, 0.1) is 0 Å². The van der Waals surface area contributed by atoms with Gasteiger partial charge in [-0.3, -0.25) is 0 Å². The van der Waals surface area contributed by atoms with E-state index in [1.54, 1.807) is 14.0 Å². The van der Waals surface area contributed by atoms with Gasteiger partial charge in [0.05, 0.1) is 13.7 Å². The highest BCUT2D eigenvalue weighted by Crippen LogP contribution is 2.11. The van der Waals surface area contributed by atoms with Crippen molar-refractivity contribution in [2.24, 2.45) is 0 Å². The van der Waals surface area contributed by atoms with Crippen LogP contribution in [0.25, 0.3) is 0 Å². The molecule has 0 amide bonds. The number of carbonyl (C=O) groups is 1. The van der Waals surface area contributed by atoms with Gasteiger partial charge in [0.2, 0.25) is 0 Å². The Balaban J connectivity index is 1.99. The summed E-state index contributed by atoms with van der Waals surface area (Å²) in [6, 6.07) is 8.07. The van der Waals surface area contributed by atoms with E-state index < -0.39 is 0 Å². The molecule has 0 saturated heterocycles. The number of methoxy groups -OCH3 is 1. The van der Waals surface area contributed by atoms with Crippen molar-refractivity contribution in [3.8, 4) is 5.75 Å². The van der Waals surface area contributed by atoms with E-state index in [1.807, 2.05) is 12.1 Å². The van der Waals surface area contributed by atoms with Crippen LogP contribution in [-0.4, -0.2) is 26.1 Å². The first kappa shape index (κ1) is 15.7. The Bertz CT molecular complexity index is 357. The van der Waals surface area contributed by atoms with Gasteiger partial charge < -0.3 is 14.3 Å². The summed E-state index contributed by atoms with van der Waals surface area (Å²) in [4.78, 5) is 10.7. The minimum atomic E-state index is 0.278. The topological polar surface area (TPSA) is 35.5 Å². The molecule has 1 aromatic carbocycles. The van der Waals surface area contributed by atoms with Gasteiger partial charge in [-0.05, 0) is 43.9 Å². The molecule has 0 N–H and O–H groups in total.